The Morgan fingerprint density at radius 3 is 2.27 bits per heavy atom. The average Bonchev–Trinajstić information content (AvgIpc) is 2.56. The molecule has 0 heterocycles. The van der Waals surface area contributed by atoms with Crippen molar-refractivity contribution in [3.8, 4) is 5.75 Å². The molecule has 0 amide bonds. The second kappa shape index (κ2) is 12.0. The van der Waals surface area contributed by atoms with Crippen LogP contribution >= 0.6 is 0 Å². The highest BCUT2D eigenvalue weighted by molar-refractivity contribution is 5.79. The van der Waals surface area contributed by atoms with Crippen molar-refractivity contribution in [3.05, 3.63) is 24.3 Å². The second-order valence-electron chi connectivity index (χ2n) is 4.89. The van der Waals surface area contributed by atoms with Crippen molar-refractivity contribution in [2.45, 2.75) is 26.2 Å². The summed E-state index contributed by atoms with van der Waals surface area (Å²) in [6.07, 6.45) is 2.19. The first-order chi connectivity index (χ1) is 10.8. The summed E-state index contributed by atoms with van der Waals surface area (Å²) in [6.45, 7) is 4.59. The predicted molar refractivity (Wildman–Crippen MR) is 87.7 cm³/mol. The van der Waals surface area contributed by atoms with Gasteiger partial charge in [-0.2, -0.15) is 0 Å². The number of anilines is 1. The maximum Gasteiger partial charge on any atom is 0.158 e. The van der Waals surface area contributed by atoms with Crippen molar-refractivity contribution < 1.29 is 19.0 Å². The molecule has 1 aromatic carbocycles. The van der Waals surface area contributed by atoms with E-state index in [-0.39, 0.29) is 12.4 Å². The number of Topliss-reactive ketones (excluding diaryl/α,β-unsaturated/α-hetero) is 1. The van der Waals surface area contributed by atoms with Gasteiger partial charge in [-0.1, -0.05) is 6.92 Å². The van der Waals surface area contributed by atoms with Gasteiger partial charge in [0.05, 0.1) is 6.61 Å². The van der Waals surface area contributed by atoms with E-state index in [0.717, 1.165) is 24.3 Å². The number of hydrogen-bond donors (Lipinski definition) is 1. The van der Waals surface area contributed by atoms with Gasteiger partial charge >= 0.3 is 0 Å². The maximum absolute atomic E-state index is 11.0. The first kappa shape index (κ1) is 18.5. The van der Waals surface area contributed by atoms with E-state index in [1.165, 1.54) is 0 Å². The normalized spacial score (nSPS) is 10.5. The highest BCUT2D eigenvalue weighted by Crippen LogP contribution is 2.15. The molecule has 0 aliphatic carbocycles. The van der Waals surface area contributed by atoms with E-state index in [9.17, 15) is 4.79 Å². The van der Waals surface area contributed by atoms with Crippen LogP contribution in [0.25, 0.3) is 0 Å². The lowest BCUT2D eigenvalue weighted by Gasteiger charge is -2.08. The Morgan fingerprint density at radius 1 is 1.00 bits per heavy atom. The van der Waals surface area contributed by atoms with Gasteiger partial charge in [0.25, 0.3) is 0 Å². The molecule has 0 atom stereocenters. The molecule has 5 heteroatoms. The fourth-order valence-electron chi connectivity index (χ4n) is 1.72. The Hall–Kier alpha value is -1.59. The van der Waals surface area contributed by atoms with Crippen LogP contribution in [0, 0.1) is 0 Å². The number of rotatable bonds is 13. The zero-order valence-electron chi connectivity index (χ0n) is 13.6. The quantitative estimate of drug-likeness (QED) is 0.568. The summed E-state index contributed by atoms with van der Waals surface area (Å²) in [4.78, 5) is 11.0. The molecule has 22 heavy (non-hydrogen) atoms. The van der Waals surface area contributed by atoms with Crippen molar-refractivity contribution in [2.75, 3.05) is 45.4 Å². The summed E-state index contributed by atoms with van der Waals surface area (Å²) >= 11 is 0. The minimum absolute atomic E-state index is 0.140. The molecule has 1 rings (SSSR count). The van der Waals surface area contributed by atoms with E-state index >= 15 is 0 Å². The van der Waals surface area contributed by atoms with Gasteiger partial charge in [-0.15, -0.1) is 0 Å². The fourth-order valence-corrected chi connectivity index (χ4v) is 1.72. The van der Waals surface area contributed by atoms with E-state index in [0.29, 0.717) is 32.8 Å². The molecular weight excluding hydrogens is 282 g/mol. The number of carbonyl (C=O) groups excluding carboxylic acids is 1. The molecule has 0 aromatic heterocycles. The monoisotopic (exact) mass is 309 g/mol. The lowest BCUT2D eigenvalue weighted by Crippen LogP contribution is -2.10. The SMILES string of the molecule is CCC(=O)COCCCOCCCOc1ccc(NC)cc1. The standard InChI is InChI=1S/C17H27NO4/c1-3-16(19)14-21-12-4-10-20-11-5-13-22-17-8-6-15(18-2)7-9-17/h6-9,18H,3-5,10-14H2,1-2H3. The van der Waals surface area contributed by atoms with E-state index in [1.54, 1.807) is 0 Å². The molecule has 0 saturated heterocycles. The third kappa shape index (κ3) is 8.64. The molecule has 0 saturated carbocycles. The van der Waals surface area contributed by atoms with Crippen LogP contribution in [0.5, 0.6) is 5.75 Å². The molecule has 0 fully saturated rings. The molecule has 0 spiro atoms. The Balaban J connectivity index is 1.90. The molecule has 0 unspecified atom stereocenters. The smallest absolute Gasteiger partial charge is 0.158 e. The van der Waals surface area contributed by atoms with Gasteiger partial charge in [-0.25, -0.2) is 0 Å². The van der Waals surface area contributed by atoms with Crippen LogP contribution < -0.4 is 10.1 Å². The Kier molecular flexibility index (Phi) is 10.1. The zero-order chi connectivity index (χ0) is 16.0. The minimum atomic E-state index is 0.140. The van der Waals surface area contributed by atoms with Crippen LogP contribution in [-0.2, 0) is 14.3 Å². The number of benzene rings is 1. The van der Waals surface area contributed by atoms with Crippen LogP contribution in [0.3, 0.4) is 0 Å². The van der Waals surface area contributed by atoms with Crippen LogP contribution in [0.4, 0.5) is 5.69 Å². The van der Waals surface area contributed by atoms with Crippen molar-refractivity contribution >= 4 is 11.5 Å². The topological polar surface area (TPSA) is 56.8 Å². The van der Waals surface area contributed by atoms with Gasteiger partial charge < -0.3 is 19.5 Å². The molecule has 0 aliphatic heterocycles. The van der Waals surface area contributed by atoms with Gasteiger partial charge in [0.15, 0.2) is 5.78 Å². The number of ether oxygens (including phenoxy) is 3. The third-order valence-corrected chi connectivity index (χ3v) is 3.08. The summed E-state index contributed by atoms with van der Waals surface area (Å²) in [7, 11) is 1.89. The summed E-state index contributed by atoms with van der Waals surface area (Å²) in [6, 6.07) is 7.85. The lowest BCUT2D eigenvalue weighted by atomic mass is 10.3. The van der Waals surface area contributed by atoms with E-state index in [4.69, 9.17) is 14.2 Å². The minimum Gasteiger partial charge on any atom is -0.494 e. The van der Waals surface area contributed by atoms with Gasteiger partial charge in [-0.3, -0.25) is 4.79 Å². The number of carbonyl (C=O) groups is 1. The summed E-state index contributed by atoms with van der Waals surface area (Å²) < 4.78 is 16.3. The Labute approximate surface area is 132 Å². The summed E-state index contributed by atoms with van der Waals surface area (Å²) in [5, 5.41) is 3.06. The largest absolute Gasteiger partial charge is 0.494 e. The van der Waals surface area contributed by atoms with Crippen LogP contribution in [0.2, 0.25) is 0 Å². The first-order valence-electron chi connectivity index (χ1n) is 7.84. The van der Waals surface area contributed by atoms with Crippen molar-refractivity contribution in [3.63, 3.8) is 0 Å². The molecule has 124 valence electrons. The molecule has 0 aliphatic rings. The highest BCUT2D eigenvalue weighted by Gasteiger charge is 1.98. The van der Waals surface area contributed by atoms with Gasteiger partial charge in [0.2, 0.25) is 0 Å². The van der Waals surface area contributed by atoms with Gasteiger partial charge in [0.1, 0.15) is 12.4 Å². The molecule has 0 radical (unpaired) electrons. The van der Waals surface area contributed by atoms with Crippen molar-refractivity contribution in [1.82, 2.24) is 0 Å². The van der Waals surface area contributed by atoms with Gasteiger partial charge in [-0.05, 0) is 30.7 Å². The molecule has 5 nitrogen and oxygen atoms in total. The summed E-state index contributed by atoms with van der Waals surface area (Å²) in [5.74, 6) is 1.01. The molecule has 1 aromatic rings. The predicted octanol–water partition coefficient (Wildman–Crippen LogP) is 2.90. The lowest BCUT2D eigenvalue weighted by molar-refractivity contribution is -0.123. The average molecular weight is 309 g/mol. The second-order valence-corrected chi connectivity index (χ2v) is 4.89. The summed E-state index contributed by atoms with van der Waals surface area (Å²) in [5.41, 5.74) is 1.07. The van der Waals surface area contributed by atoms with Crippen LogP contribution in [0.1, 0.15) is 26.2 Å². The van der Waals surface area contributed by atoms with Crippen molar-refractivity contribution in [2.24, 2.45) is 0 Å². The number of ketones is 1. The molecule has 0 bridgehead atoms. The van der Waals surface area contributed by atoms with Crippen LogP contribution in [-0.4, -0.2) is 45.9 Å². The van der Waals surface area contributed by atoms with E-state index in [1.807, 2.05) is 38.2 Å². The molecule has 1 N–H and O–H groups in total. The van der Waals surface area contributed by atoms with E-state index in [2.05, 4.69) is 5.32 Å². The Morgan fingerprint density at radius 2 is 1.64 bits per heavy atom. The zero-order valence-corrected chi connectivity index (χ0v) is 13.6. The maximum atomic E-state index is 11.0. The first-order valence-corrected chi connectivity index (χ1v) is 7.84. The third-order valence-electron chi connectivity index (χ3n) is 3.08. The highest BCUT2D eigenvalue weighted by atomic mass is 16.5. The van der Waals surface area contributed by atoms with Crippen LogP contribution in [0.15, 0.2) is 24.3 Å². The Bertz CT molecular complexity index is 406. The van der Waals surface area contributed by atoms with Gasteiger partial charge in [0, 0.05) is 45.4 Å². The number of hydrogen-bond acceptors (Lipinski definition) is 5. The molecular formula is C17H27NO4. The van der Waals surface area contributed by atoms with Crippen molar-refractivity contribution in [1.29, 1.82) is 0 Å². The fraction of sp³-hybridized carbons (Fsp3) is 0.588. The number of nitrogens with one attached hydrogen (secondary N) is 1. The van der Waals surface area contributed by atoms with E-state index < -0.39 is 0 Å².